The molecule has 0 aliphatic carbocycles. The number of nitrogens with one attached hydrogen (secondary N) is 1. The number of nitrogens with zero attached hydrogens (tertiary/aromatic N) is 3. The number of aromatic nitrogens is 1. The van der Waals surface area contributed by atoms with E-state index in [0.717, 1.165) is 44.8 Å². The van der Waals surface area contributed by atoms with E-state index in [2.05, 4.69) is 45.8 Å². The van der Waals surface area contributed by atoms with E-state index in [0.29, 0.717) is 0 Å². The van der Waals surface area contributed by atoms with Crippen molar-refractivity contribution in [2.45, 2.75) is 0 Å². The van der Waals surface area contributed by atoms with Crippen molar-refractivity contribution in [1.29, 1.82) is 0 Å². The number of fused-ring (bicyclic) bond motifs is 1. The van der Waals surface area contributed by atoms with Gasteiger partial charge in [0.1, 0.15) is 5.75 Å². The van der Waals surface area contributed by atoms with Crippen molar-refractivity contribution >= 4 is 40.6 Å². The van der Waals surface area contributed by atoms with Crippen molar-refractivity contribution in [1.82, 2.24) is 4.98 Å². The third-order valence-corrected chi connectivity index (χ3v) is 5.09. The first-order chi connectivity index (χ1) is 15.6. The zero-order valence-corrected chi connectivity index (χ0v) is 18.5. The van der Waals surface area contributed by atoms with E-state index in [1.807, 2.05) is 81.0 Å². The van der Waals surface area contributed by atoms with Gasteiger partial charge in [0.25, 0.3) is 0 Å². The molecule has 4 rings (SSSR count). The summed E-state index contributed by atoms with van der Waals surface area (Å²) in [7, 11) is 5.71. The zero-order chi connectivity index (χ0) is 22.3. The van der Waals surface area contributed by atoms with Crippen molar-refractivity contribution in [3.05, 3.63) is 95.7 Å². The monoisotopic (exact) mass is 422 g/mol. The largest absolute Gasteiger partial charge is 0.497 e. The molecule has 0 amide bonds. The summed E-state index contributed by atoms with van der Waals surface area (Å²) in [6.45, 7) is 0. The Morgan fingerprint density at radius 3 is 2.38 bits per heavy atom. The zero-order valence-electron chi connectivity index (χ0n) is 18.5. The van der Waals surface area contributed by atoms with Gasteiger partial charge in [-0.05, 0) is 53.6 Å². The summed E-state index contributed by atoms with van der Waals surface area (Å²) in [4.78, 5) is 6.85. The minimum Gasteiger partial charge on any atom is -0.497 e. The minimum atomic E-state index is 0.776. The van der Waals surface area contributed by atoms with Crippen molar-refractivity contribution < 1.29 is 4.74 Å². The number of ether oxygens (including phenoxy) is 1. The van der Waals surface area contributed by atoms with Crippen molar-refractivity contribution in [3.63, 3.8) is 0 Å². The smallest absolute Gasteiger partial charge is 0.119 e. The highest BCUT2D eigenvalue weighted by Gasteiger charge is 2.06. The Balaban J connectivity index is 1.63. The molecule has 0 bridgehead atoms. The van der Waals surface area contributed by atoms with Crippen LogP contribution in [0, 0.1) is 0 Å². The Bertz CT molecular complexity index is 1250. The van der Waals surface area contributed by atoms with Gasteiger partial charge in [0.2, 0.25) is 0 Å². The summed E-state index contributed by atoms with van der Waals surface area (Å²) in [5.74, 6) is 0.776. The van der Waals surface area contributed by atoms with Gasteiger partial charge in [-0.1, -0.05) is 48.5 Å². The molecule has 5 heteroatoms. The molecule has 160 valence electrons. The first-order valence-electron chi connectivity index (χ1n) is 10.4. The molecule has 0 aliphatic rings. The van der Waals surface area contributed by atoms with Crippen LogP contribution in [-0.4, -0.2) is 32.4 Å². The first-order valence-corrected chi connectivity index (χ1v) is 10.4. The number of methoxy groups -OCH3 is 1. The Labute approximate surface area is 188 Å². The number of rotatable bonds is 7. The predicted octanol–water partition coefficient (Wildman–Crippen LogP) is 5.93. The molecule has 0 saturated heterocycles. The highest BCUT2D eigenvalue weighted by atomic mass is 16.5. The van der Waals surface area contributed by atoms with Crippen LogP contribution in [0.5, 0.6) is 5.75 Å². The molecule has 3 aromatic carbocycles. The molecule has 0 fully saturated rings. The lowest BCUT2D eigenvalue weighted by atomic mass is 10.1. The number of hydrazone groups is 1. The van der Waals surface area contributed by atoms with Gasteiger partial charge in [0.05, 0.1) is 30.2 Å². The van der Waals surface area contributed by atoms with Gasteiger partial charge >= 0.3 is 0 Å². The molecule has 0 unspecified atom stereocenters. The maximum absolute atomic E-state index is 5.41. The summed E-state index contributed by atoms with van der Waals surface area (Å²) >= 11 is 0. The minimum absolute atomic E-state index is 0.776. The molecule has 0 atom stereocenters. The molecular weight excluding hydrogens is 396 g/mol. The molecule has 0 saturated carbocycles. The summed E-state index contributed by atoms with van der Waals surface area (Å²) in [5, 5.41) is 5.42. The van der Waals surface area contributed by atoms with Gasteiger partial charge in [0, 0.05) is 25.2 Å². The fourth-order valence-corrected chi connectivity index (χ4v) is 3.31. The van der Waals surface area contributed by atoms with E-state index in [4.69, 9.17) is 9.72 Å². The molecule has 1 aromatic heterocycles. The van der Waals surface area contributed by atoms with Crippen LogP contribution >= 0.6 is 0 Å². The van der Waals surface area contributed by atoms with Crippen molar-refractivity contribution in [3.8, 4) is 5.75 Å². The predicted molar refractivity (Wildman–Crippen MR) is 136 cm³/mol. The second-order valence-electron chi connectivity index (χ2n) is 7.58. The fraction of sp³-hybridized carbons (Fsp3) is 0.111. The molecular formula is C27H26N4O. The molecule has 4 aromatic rings. The van der Waals surface area contributed by atoms with Crippen LogP contribution in [0.1, 0.15) is 16.8 Å². The lowest BCUT2D eigenvalue weighted by Crippen LogP contribution is -2.08. The maximum atomic E-state index is 5.41. The Morgan fingerprint density at radius 2 is 1.66 bits per heavy atom. The third-order valence-electron chi connectivity index (χ3n) is 5.09. The maximum Gasteiger partial charge on any atom is 0.119 e. The Morgan fingerprint density at radius 1 is 0.875 bits per heavy atom. The van der Waals surface area contributed by atoms with Crippen molar-refractivity contribution in [2.75, 3.05) is 31.5 Å². The van der Waals surface area contributed by atoms with E-state index < -0.39 is 0 Å². The first kappa shape index (κ1) is 21.1. The number of benzene rings is 3. The lowest BCUT2D eigenvalue weighted by Gasteiger charge is -2.11. The number of pyridine rings is 1. The second kappa shape index (κ2) is 9.79. The van der Waals surface area contributed by atoms with Gasteiger partial charge in [-0.25, -0.2) is 4.98 Å². The molecule has 0 radical (unpaired) electrons. The normalized spacial score (nSPS) is 11.3. The van der Waals surface area contributed by atoms with Crippen LogP contribution in [0.4, 0.5) is 11.4 Å². The number of anilines is 2. The SMILES string of the molecule is COc1ccc2nc(/C=C/c3ccccc3)cc(N/N=C\c3ccc(N(C)C)cc3)c2c1. The third kappa shape index (κ3) is 5.13. The fourth-order valence-electron chi connectivity index (χ4n) is 3.31. The van der Waals surface area contributed by atoms with E-state index in [1.165, 1.54) is 0 Å². The van der Waals surface area contributed by atoms with E-state index in [1.54, 1.807) is 7.11 Å². The second-order valence-corrected chi connectivity index (χ2v) is 7.58. The van der Waals surface area contributed by atoms with E-state index in [-0.39, 0.29) is 0 Å². The number of hydrogen-bond donors (Lipinski definition) is 1. The van der Waals surface area contributed by atoms with Crippen LogP contribution in [0.2, 0.25) is 0 Å². The van der Waals surface area contributed by atoms with Crippen LogP contribution in [0.25, 0.3) is 23.1 Å². The van der Waals surface area contributed by atoms with Gasteiger partial charge in [-0.3, -0.25) is 5.43 Å². The average molecular weight is 423 g/mol. The van der Waals surface area contributed by atoms with Crippen molar-refractivity contribution in [2.24, 2.45) is 5.10 Å². The van der Waals surface area contributed by atoms with Gasteiger partial charge in [-0.15, -0.1) is 0 Å². The Kier molecular flexibility index (Phi) is 6.46. The molecule has 1 heterocycles. The van der Waals surface area contributed by atoms with E-state index in [9.17, 15) is 0 Å². The summed E-state index contributed by atoms with van der Waals surface area (Å²) in [6.07, 6.45) is 5.87. The standard InChI is InChI=1S/C27H26N4O/c1-31(2)23-13-10-21(11-14-23)19-28-30-27-17-22(12-9-20-7-5-4-6-8-20)29-26-16-15-24(32-3)18-25(26)27/h4-19H,1-3H3,(H,29,30)/b12-9+,28-19-. The number of hydrogen-bond acceptors (Lipinski definition) is 5. The molecule has 0 spiro atoms. The molecule has 5 nitrogen and oxygen atoms in total. The topological polar surface area (TPSA) is 49.8 Å². The Hall–Kier alpha value is -4.12. The lowest BCUT2D eigenvalue weighted by molar-refractivity contribution is 0.415. The average Bonchev–Trinajstić information content (AvgIpc) is 2.83. The van der Waals surface area contributed by atoms with Gasteiger partial charge in [0.15, 0.2) is 0 Å². The van der Waals surface area contributed by atoms with Crippen LogP contribution < -0.4 is 15.1 Å². The van der Waals surface area contributed by atoms with E-state index >= 15 is 0 Å². The molecule has 1 N–H and O–H groups in total. The molecule has 0 aliphatic heterocycles. The highest BCUT2D eigenvalue weighted by Crippen LogP contribution is 2.28. The summed E-state index contributed by atoms with van der Waals surface area (Å²) in [6, 6.07) is 26.2. The highest BCUT2D eigenvalue weighted by molar-refractivity contribution is 5.94. The van der Waals surface area contributed by atoms with Gasteiger partial charge in [-0.2, -0.15) is 5.10 Å². The quantitative estimate of drug-likeness (QED) is 0.296. The molecule has 32 heavy (non-hydrogen) atoms. The van der Waals surface area contributed by atoms with Gasteiger partial charge < -0.3 is 9.64 Å². The van der Waals surface area contributed by atoms with Crippen LogP contribution in [-0.2, 0) is 0 Å². The van der Waals surface area contributed by atoms with Crippen LogP contribution in [0.15, 0.2) is 84.0 Å². The summed E-state index contributed by atoms with van der Waals surface area (Å²) in [5.41, 5.74) is 9.06. The van der Waals surface area contributed by atoms with Crippen LogP contribution in [0.3, 0.4) is 0 Å². The summed E-state index contributed by atoms with van der Waals surface area (Å²) < 4.78 is 5.41.